The summed E-state index contributed by atoms with van der Waals surface area (Å²) in [7, 11) is -3.55. The second-order valence-corrected chi connectivity index (χ2v) is 8.04. The molecule has 0 saturated carbocycles. The van der Waals surface area contributed by atoms with E-state index >= 15 is 0 Å². The number of rotatable bonds is 1. The van der Waals surface area contributed by atoms with Gasteiger partial charge in [-0.05, 0) is 12.0 Å². The molecule has 2 amide bonds. The molecule has 2 aliphatic rings. The molecule has 112 valence electrons. The third kappa shape index (κ3) is 2.62. The Kier molecular flexibility index (Phi) is 3.40. The van der Waals surface area contributed by atoms with Gasteiger partial charge in [-0.1, -0.05) is 18.7 Å². The fourth-order valence-electron chi connectivity index (χ4n) is 2.35. The molecule has 1 aromatic heterocycles. The highest BCUT2D eigenvalue weighted by Gasteiger charge is 2.37. The van der Waals surface area contributed by atoms with E-state index in [9.17, 15) is 18.0 Å². The summed E-state index contributed by atoms with van der Waals surface area (Å²) in [4.78, 5) is 27.8. The standard InChI is InChI=1S/C12H13N3O4S2/c1-7-4-15(21(18,19)6-7)12(17)8-2-9-11(13-3-8)20-5-10(16)14-9/h2-3,7H,4-6H2,1H3,(H,14,16). The van der Waals surface area contributed by atoms with Gasteiger partial charge in [0.05, 0.1) is 22.8 Å². The molecule has 1 unspecified atom stereocenters. The number of sulfonamides is 1. The highest BCUT2D eigenvalue weighted by molar-refractivity contribution is 8.00. The zero-order valence-corrected chi connectivity index (χ0v) is 12.8. The summed E-state index contributed by atoms with van der Waals surface area (Å²) in [5, 5.41) is 3.26. The zero-order chi connectivity index (χ0) is 15.2. The summed E-state index contributed by atoms with van der Waals surface area (Å²) in [6.07, 6.45) is 1.35. The van der Waals surface area contributed by atoms with Gasteiger partial charge in [0.2, 0.25) is 15.9 Å². The van der Waals surface area contributed by atoms with Crippen molar-refractivity contribution in [3.05, 3.63) is 17.8 Å². The molecule has 1 aromatic rings. The monoisotopic (exact) mass is 327 g/mol. The maximum atomic E-state index is 12.4. The molecule has 1 fully saturated rings. The van der Waals surface area contributed by atoms with E-state index in [0.29, 0.717) is 10.7 Å². The molecule has 21 heavy (non-hydrogen) atoms. The van der Waals surface area contributed by atoms with Gasteiger partial charge in [0.15, 0.2) is 0 Å². The van der Waals surface area contributed by atoms with Gasteiger partial charge in [-0.2, -0.15) is 0 Å². The number of nitrogens with zero attached hydrogens (tertiary/aromatic N) is 2. The number of hydrogen-bond acceptors (Lipinski definition) is 6. The van der Waals surface area contributed by atoms with Gasteiger partial charge in [0.25, 0.3) is 5.91 Å². The summed E-state index contributed by atoms with van der Waals surface area (Å²) >= 11 is 1.28. The van der Waals surface area contributed by atoms with Gasteiger partial charge in [-0.15, -0.1) is 0 Å². The Hall–Kier alpha value is -1.61. The first-order valence-electron chi connectivity index (χ1n) is 6.34. The molecule has 1 N–H and O–H groups in total. The largest absolute Gasteiger partial charge is 0.323 e. The lowest BCUT2D eigenvalue weighted by Gasteiger charge is -2.18. The van der Waals surface area contributed by atoms with Crippen LogP contribution in [0.3, 0.4) is 0 Å². The number of aromatic nitrogens is 1. The van der Waals surface area contributed by atoms with Gasteiger partial charge in [0.1, 0.15) is 5.03 Å². The number of thioether (sulfide) groups is 1. The fraction of sp³-hybridized carbons (Fsp3) is 0.417. The molecule has 3 heterocycles. The summed E-state index contributed by atoms with van der Waals surface area (Å²) in [6, 6.07) is 1.48. The van der Waals surface area contributed by atoms with Crippen LogP contribution in [-0.4, -0.2) is 47.6 Å². The van der Waals surface area contributed by atoms with Gasteiger partial charge in [-0.25, -0.2) is 17.7 Å². The number of anilines is 1. The summed E-state index contributed by atoms with van der Waals surface area (Å²) in [6.45, 7) is 1.96. The van der Waals surface area contributed by atoms with E-state index in [0.717, 1.165) is 4.31 Å². The van der Waals surface area contributed by atoms with Gasteiger partial charge < -0.3 is 5.32 Å². The lowest BCUT2D eigenvalue weighted by Crippen LogP contribution is -2.33. The lowest BCUT2D eigenvalue weighted by atomic mass is 10.2. The molecule has 1 saturated heterocycles. The third-order valence-electron chi connectivity index (χ3n) is 3.25. The third-order valence-corrected chi connectivity index (χ3v) is 6.23. The smallest absolute Gasteiger partial charge is 0.268 e. The van der Waals surface area contributed by atoms with E-state index in [1.165, 1.54) is 24.0 Å². The zero-order valence-electron chi connectivity index (χ0n) is 11.2. The van der Waals surface area contributed by atoms with Crippen molar-refractivity contribution in [1.82, 2.24) is 9.29 Å². The van der Waals surface area contributed by atoms with Crippen molar-refractivity contribution in [2.75, 3.05) is 23.4 Å². The number of pyridine rings is 1. The van der Waals surface area contributed by atoms with Crippen LogP contribution >= 0.6 is 11.8 Å². The molecular formula is C12H13N3O4S2. The minimum absolute atomic E-state index is 0.0241. The van der Waals surface area contributed by atoms with E-state index in [-0.39, 0.29) is 35.4 Å². The Morgan fingerprint density at radius 3 is 2.95 bits per heavy atom. The van der Waals surface area contributed by atoms with Crippen LogP contribution in [0.5, 0.6) is 0 Å². The van der Waals surface area contributed by atoms with E-state index < -0.39 is 15.9 Å². The number of carbonyl (C=O) groups excluding carboxylic acids is 2. The first kappa shape index (κ1) is 14.3. The minimum atomic E-state index is -3.55. The summed E-state index contributed by atoms with van der Waals surface area (Å²) in [5.41, 5.74) is 0.612. The number of amides is 2. The van der Waals surface area contributed by atoms with Gasteiger partial charge in [0, 0.05) is 12.7 Å². The molecule has 0 spiro atoms. The molecule has 9 heteroatoms. The fourth-order valence-corrected chi connectivity index (χ4v) is 4.92. The molecular weight excluding hydrogens is 314 g/mol. The molecule has 7 nitrogen and oxygen atoms in total. The molecule has 0 radical (unpaired) electrons. The molecule has 0 aliphatic carbocycles. The van der Waals surface area contributed by atoms with Crippen molar-refractivity contribution in [2.24, 2.45) is 5.92 Å². The molecule has 0 bridgehead atoms. The second kappa shape index (κ2) is 4.99. The SMILES string of the molecule is CC1CN(C(=O)c2cnc3c(c2)NC(=O)CS3)S(=O)(=O)C1. The minimum Gasteiger partial charge on any atom is -0.323 e. The normalized spacial score (nSPS) is 23.6. The van der Waals surface area contributed by atoms with Crippen LogP contribution in [-0.2, 0) is 14.8 Å². The first-order valence-corrected chi connectivity index (χ1v) is 8.94. The molecule has 1 atom stereocenters. The number of nitrogens with one attached hydrogen (secondary N) is 1. The summed E-state index contributed by atoms with van der Waals surface area (Å²) < 4.78 is 24.8. The number of carbonyl (C=O) groups is 2. The number of hydrogen-bond donors (Lipinski definition) is 1. The molecule has 3 rings (SSSR count). The average molecular weight is 327 g/mol. The van der Waals surface area contributed by atoms with Crippen molar-refractivity contribution < 1.29 is 18.0 Å². The maximum Gasteiger partial charge on any atom is 0.268 e. The van der Waals surface area contributed by atoms with Crippen LogP contribution in [0.2, 0.25) is 0 Å². The van der Waals surface area contributed by atoms with Crippen LogP contribution in [0.4, 0.5) is 5.69 Å². The quantitative estimate of drug-likeness (QED) is 0.809. The Labute approximate surface area is 126 Å². The molecule has 0 aromatic carbocycles. The van der Waals surface area contributed by atoms with Crippen molar-refractivity contribution in [1.29, 1.82) is 0 Å². The maximum absolute atomic E-state index is 12.4. The predicted molar refractivity (Wildman–Crippen MR) is 77.6 cm³/mol. The van der Waals surface area contributed by atoms with Crippen molar-refractivity contribution in [3.63, 3.8) is 0 Å². The second-order valence-electron chi connectivity index (χ2n) is 5.13. The number of fused-ring (bicyclic) bond motifs is 1. The Bertz CT molecular complexity index is 732. The van der Waals surface area contributed by atoms with Crippen LogP contribution in [0, 0.1) is 5.92 Å². The van der Waals surface area contributed by atoms with Gasteiger partial charge >= 0.3 is 0 Å². The van der Waals surface area contributed by atoms with E-state index in [4.69, 9.17) is 0 Å². The predicted octanol–water partition coefficient (Wildman–Crippen LogP) is 0.548. The van der Waals surface area contributed by atoms with Gasteiger partial charge in [-0.3, -0.25) is 9.59 Å². The summed E-state index contributed by atoms with van der Waals surface area (Å²) in [5.74, 6) is -0.588. The first-order chi connectivity index (χ1) is 9.87. The van der Waals surface area contributed by atoms with Crippen LogP contribution < -0.4 is 5.32 Å². The van der Waals surface area contributed by atoms with Crippen LogP contribution in [0.1, 0.15) is 17.3 Å². The Morgan fingerprint density at radius 1 is 1.52 bits per heavy atom. The molecule has 2 aliphatic heterocycles. The van der Waals surface area contributed by atoms with Crippen LogP contribution in [0.25, 0.3) is 0 Å². The van der Waals surface area contributed by atoms with Crippen molar-refractivity contribution >= 4 is 39.3 Å². The lowest BCUT2D eigenvalue weighted by molar-refractivity contribution is -0.113. The topological polar surface area (TPSA) is 96.4 Å². The van der Waals surface area contributed by atoms with E-state index in [1.54, 1.807) is 6.92 Å². The highest BCUT2D eigenvalue weighted by atomic mass is 32.2. The Morgan fingerprint density at radius 2 is 2.29 bits per heavy atom. The Balaban J connectivity index is 1.92. The van der Waals surface area contributed by atoms with Crippen LogP contribution in [0.15, 0.2) is 17.3 Å². The van der Waals surface area contributed by atoms with Crippen molar-refractivity contribution in [2.45, 2.75) is 11.9 Å². The van der Waals surface area contributed by atoms with Crippen molar-refractivity contribution in [3.8, 4) is 0 Å². The van der Waals surface area contributed by atoms with E-state index in [2.05, 4.69) is 10.3 Å². The van der Waals surface area contributed by atoms with E-state index in [1.807, 2.05) is 0 Å². The average Bonchev–Trinajstić information content (AvgIpc) is 2.70. The highest BCUT2D eigenvalue weighted by Crippen LogP contribution is 2.30.